The molecule has 0 atom stereocenters. The first-order valence-corrected chi connectivity index (χ1v) is 9.64. The van der Waals surface area contributed by atoms with Crippen molar-refractivity contribution in [3.63, 3.8) is 0 Å². The maximum atomic E-state index is 12.8. The SMILES string of the molecule is O=C(Cn1c(=O)nc2n1C(=O)N(c1ccccc1)C2)NCCC1=CCCCC1. The number of nitrogens with zero attached hydrogens (tertiary/aromatic N) is 4. The van der Waals surface area contributed by atoms with Crippen LogP contribution in [0.5, 0.6) is 0 Å². The second kappa shape index (κ2) is 7.84. The average molecular weight is 381 g/mol. The lowest BCUT2D eigenvalue weighted by Gasteiger charge is -2.15. The van der Waals surface area contributed by atoms with Crippen LogP contribution in [0.4, 0.5) is 10.5 Å². The minimum absolute atomic E-state index is 0.209. The fraction of sp³-hybridized carbons (Fsp3) is 0.400. The van der Waals surface area contributed by atoms with Crippen LogP contribution in [0, 0.1) is 0 Å². The summed E-state index contributed by atoms with van der Waals surface area (Å²) in [6.07, 6.45) is 7.72. The number of allylic oxidation sites excluding steroid dienone is 1. The van der Waals surface area contributed by atoms with E-state index in [1.165, 1.54) is 28.0 Å². The van der Waals surface area contributed by atoms with Gasteiger partial charge in [0.25, 0.3) is 0 Å². The summed E-state index contributed by atoms with van der Waals surface area (Å²) in [5.41, 5.74) is 1.52. The van der Waals surface area contributed by atoms with E-state index >= 15 is 0 Å². The van der Waals surface area contributed by atoms with Gasteiger partial charge < -0.3 is 5.32 Å². The van der Waals surface area contributed by atoms with Gasteiger partial charge in [0.05, 0.1) is 6.54 Å². The van der Waals surface area contributed by atoms with Crippen LogP contribution in [0.2, 0.25) is 0 Å². The molecule has 1 N–H and O–H groups in total. The van der Waals surface area contributed by atoms with Crippen LogP contribution >= 0.6 is 0 Å². The monoisotopic (exact) mass is 381 g/mol. The maximum Gasteiger partial charge on any atom is 0.365 e. The summed E-state index contributed by atoms with van der Waals surface area (Å²) in [4.78, 5) is 42.7. The van der Waals surface area contributed by atoms with E-state index in [2.05, 4.69) is 16.4 Å². The Hall–Kier alpha value is -3.16. The zero-order valence-electron chi connectivity index (χ0n) is 15.6. The lowest BCUT2D eigenvalue weighted by atomic mass is 9.97. The second-order valence-electron chi connectivity index (χ2n) is 7.09. The van der Waals surface area contributed by atoms with Crippen molar-refractivity contribution in [2.75, 3.05) is 11.4 Å². The number of benzene rings is 1. The minimum atomic E-state index is -0.582. The van der Waals surface area contributed by atoms with Gasteiger partial charge in [0, 0.05) is 12.2 Å². The largest absolute Gasteiger partial charge is 0.365 e. The first kappa shape index (κ1) is 18.2. The minimum Gasteiger partial charge on any atom is -0.354 e. The van der Waals surface area contributed by atoms with Gasteiger partial charge in [-0.2, -0.15) is 9.67 Å². The van der Waals surface area contributed by atoms with Crippen molar-refractivity contribution in [2.45, 2.75) is 45.2 Å². The van der Waals surface area contributed by atoms with Gasteiger partial charge in [-0.25, -0.2) is 14.3 Å². The molecule has 1 aliphatic heterocycles. The quantitative estimate of drug-likeness (QED) is 0.776. The third kappa shape index (κ3) is 3.62. The van der Waals surface area contributed by atoms with Crippen molar-refractivity contribution in [1.82, 2.24) is 19.7 Å². The predicted molar refractivity (Wildman–Crippen MR) is 104 cm³/mol. The van der Waals surface area contributed by atoms with Crippen molar-refractivity contribution < 1.29 is 9.59 Å². The van der Waals surface area contributed by atoms with Crippen LogP contribution in [-0.2, 0) is 17.9 Å². The van der Waals surface area contributed by atoms with Crippen LogP contribution in [-0.4, -0.2) is 32.8 Å². The van der Waals surface area contributed by atoms with Crippen molar-refractivity contribution in [3.8, 4) is 0 Å². The molecule has 8 nitrogen and oxygen atoms in total. The molecule has 1 aromatic carbocycles. The third-order valence-electron chi connectivity index (χ3n) is 5.16. The Morgan fingerprint density at radius 2 is 1.96 bits per heavy atom. The Kier molecular flexibility index (Phi) is 5.10. The number of hydrogen-bond donors (Lipinski definition) is 1. The summed E-state index contributed by atoms with van der Waals surface area (Å²) in [6, 6.07) is 8.80. The Labute approximate surface area is 162 Å². The molecule has 0 bridgehead atoms. The van der Waals surface area contributed by atoms with Crippen LogP contribution in [0.1, 0.15) is 37.9 Å². The summed E-state index contributed by atoms with van der Waals surface area (Å²) < 4.78 is 2.31. The summed E-state index contributed by atoms with van der Waals surface area (Å²) in [7, 11) is 0. The van der Waals surface area contributed by atoms with Gasteiger partial charge in [-0.05, 0) is 44.2 Å². The number of carbonyl (C=O) groups is 2. The molecule has 1 aliphatic carbocycles. The first-order chi connectivity index (χ1) is 13.6. The number of amides is 2. The number of anilines is 1. The molecule has 0 radical (unpaired) electrons. The molecule has 4 rings (SSSR count). The lowest BCUT2D eigenvalue weighted by Crippen LogP contribution is -2.38. The van der Waals surface area contributed by atoms with E-state index in [0.29, 0.717) is 12.4 Å². The fourth-order valence-electron chi connectivity index (χ4n) is 3.71. The first-order valence-electron chi connectivity index (χ1n) is 9.64. The third-order valence-corrected chi connectivity index (χ3v) is 5.16. The standard InChI is InChI=1S/C20H23N5O3/c26-18(21-12-11-15-7-3-1-4-8-15)14-24-19(27)22-17-13-23(20(28)25(17)24)16-9-5-2-6-10-16/h2,5-7,9-10H,1,3-4,8,11-14H2,(H,21,26). The number of hydrogen-bond acceptors (Lipinski definition) is 4. The summed E-state index contributed by atoms with van der Waals surface area (Å²) in [5.74, 6) is 0.0474. The van der Waals surface area contributed by atoms with Crippen LogP contribution in [0.25, 0.3) is 0 Å². The zero-order valence-corrected chi connectivity index (χ0v) is 15.6. The van der Waals surface area contributed by atoms with Crippen LogP contribution in [0.3, 0.4) is 0 Å². The highest BCUT2D eigenvalue weighted by Crippen LogP contribution is 2.22. The molecule has 2 aliphatic rings. The normalized spacial score (nSPS) is 16.1. The highest BCUT2D eigenvalue weighted by Gasteiger charge is 2.33. The number of rotatable bonds is 6. The predicted octanol–water partition coefficient (Wildman–Crippen LogP) is 2.04. The second-order valence-corrected chi connectivity index (χ2v) is 7.09. The van der Waals surface area contributed by atoms with E-state index < -0.39 is 5.69 Å². The molecule has 1 aromatic heterocycles. The number of fused-ring (bicyclic) bond motifs is 1. The molecule has 146 valence electrons. The summed E-state index contributed by atoms with van der Waals surface area (Å²) >= 11 is 0. The van der Waals surface area contributed by atoms with Gasteiger partial charge in [0.1, 0.15) is 6.54 Å². The number of carbonyl (C=O) groups excluding carboxylic acids is 2. The Morgan fingerprint density at radius 3 is 2.71 bits per heavy atom. The summed E-state index contributed by atoms with van der Waals surface area (Å²) in [6.45, 7) is 0.518. The van der Waals surface area contributed by atoms with Crippen molar-refractivity contribution >= 4 is 17.6 Å². The van der Waals surface area contributed by atoms with E-state index in [0.717, 1.165) is 29.6 Å². The Morgan fingerprint density at radius 1 is 1.14 bits per heavy atom. The van der Waals surface area contributed by atoms with Gasteiger partial charge in [-0.3, -0.25) is 9.69 Å². The average Bonchev–Trinajstić information content (AvgIpc) is 3.19. The number of nitrogens with one attached hydrogen (secondary N) is 1. The molecule has 0 saturated carbocycles. The fourth-order valence-corrected chi connectivity index (χ4v) is 3.71. The van der Waals surface area contributed by atoms with Gasteiger partial charge >= 0.3 is 11.7 Å². The molecule has 2 aromatic rings. The lowest BCUT2D eigenvalue weighted by molar-refractivity contribution is -0.121. The smallest absolute Gasteiger partial charge is 0.354 e. The van der Waals surface area contributed by atoms with E-state index in [1.54, 1.807) is 0 Å². The van der Waals surface area contributed by atoms with Crippen molar-refractivity contribution in [1.29, 1.82) is 0 Å². The molecule has 0 unspecified atom stereocenters. The highest BCUT2D eigenvalue weighted by molar-refractivity contribution is 5.95. The molecule has 0 saturated heterocycles. The molecule has 2 amide bonds. The zero-order chi connectivity index (χ0) is 19.5. The van der Waals surface area contributed by atoms with Gasteiger partial charge in [0.2, 0.25) is 5.91 Å². The van der Waals surface area contributed by atoms with Crippen molar-refractivity contribution in [2.24, 2.45) is 0 Å². The Balaban J connectivity index is 1.41. The van der Waals surface area contributed by atoms with E-state index in [-0.39, 0.29) is 25.0 Å². The van der Waals surface area contributed by atoms with Crippen molar-refractivity contribution in [3.05, 3.63) is 58.3 Å². The number of aromatic nitrogens is 3. The molecule has 2 heterocycles. The molecule has 0 fully saturated rings. The maximum absolute atomic E-state index is 12.8. The van der Waals surface area contributed by atoms with Crippen LogP contribution in [0.15, 0.2) is 46.8 Å². The van der Waals surface area contributed by atoms with Gasteiger partial charge in [-0.15, -0.1) is 0 Å². The molecular formula is C20H23N5O3. The topological polar surface area (TPSA) is 89.2 Å². The number of para-hydroxylation sites is 1. The highest BCUT2D eigenvalue weighted by atomic mass is 16.2. The van der Waals surface area contributed by atoms with E-state index in [1.807, 2.05) is 30.3 Å². The molecule has 8 heteroatoms. The molecule has 0 spiro atoms. The summed E-state index contributed by atoms with van der Waals surface area (Å²) in [5, 5.41) is 2.84. The Bertz CT molecular complexity index is 973. The van der Waals surface area contributed by atoms with Crippen LogP contribution < -0.4 is 15.9 Å². The van der Waals surface area contributed by atoms with E-state index in [9.17, 15) is 14.4 Å². The van der Waals surface area contributed by atoms with Gasteiger partial charge in [0.15, 0.2) is 5.82 Å². The molecular weight excluding hydrogens is 358 g/mol. The van der Waals surface area contributed by atoms with Gasteiger partial charge in [-0.1, -0.05) is 29.8 Å². The van der Waals surface area contributed by atoms with E-state index in [4.69, 9.17) is 0 Å². The molecule has 28 heavy (non-hydrogen) atoms.